The highest BCUT2D eigenvalue weighted by molar-refractivity contribution is 7.81. The maximum Gasteiger partial charge on any atom is 0.129 e. The summed E-state index contributed by atoms with van der Waals surface area (Å²) in [4.78, 5) is 0.627. The lowest BCUT2D eigenvalue weighted by molar-refractivity contribution is 0.414. The van der Waals surface area contributed by atoms with Crippen molar-refractivity contribution in [2.24, 2.45) is 0 Å². The zero-order valence-electron chi connectivity index (χ0n) is 10.8. The van der Waals surface area contributed by atoms with Gasteiger partial charge in [-0.25, -0.2) is 0 Å². The van der Waals surface area contributed by atoms with Gasteiger partial charge in [-0.3, -0.25) is 0 Å². The molecule has 4 heteroatoms. The van der Waals surface area contributed by atoms with E-state index in [1.807, 2.05) is 48.5 Å². The van der Waals surface area contributed by atoms with Crippen LogP contribution in [0.15, 0.2) is 48.5 Å². The molecule has 0 aliphatic carbocycles. The van der Waals surface area contributed by atoms with Crippen LogP contribution in [0, 0.1) is 0 Å². The number of para-hydroxylation sites is 1. The summed E-state index contributed by atoms with van der Waals surface area (Å²) in [6.07, 6.45) is 0. The quantitative estimate of drug-likeness (QED) is 0.864. The molecule has 19 heavy (non-hydrogen) atoms. The van der Waals surface area contributed by atoms with E-state index in [-0.39, 0.29) is 0 Å². The van der Waals surface area contributed by atoms with Gasteiger partial charge in [0.1, 0.15) is 16.5 Å². The summed E-state index contributed by atoms with van der Waals surface area (Å²) in [5, 5.41) is 3.18. The molecular weight excluding hydrogens is 258 g/mol. The van der Waals surface area contributed by atoms with Crippen LogP contribution in [0.5, 0.6) is 11.5 Å². The fraction of sp³-hybridized carbons (Fsp3) is 0.133. The Morgan fingerprint density at radius 3 is 2.26 bits per heavy atom. The molecule has 0 bridgehead atoms. The summed E-state index contributed by atoms with van der Waals surface area (Å²) in [6, 6.07) is 15.3. The SMILES string of the molecule is COc1ccc(NC(=S)c2ccccc2OC)cc1. The van der Waals surface area contributed by atoms with E-state index in [9.17, 15) is 0 Å². The predicted octanol–water partition coefficient (Wildman–Crippen LogP) is 3.49. The Balaban J connectivity index is 2.16. The smallest absolute Gasteiger partial charge is 0.129 e. The van der Waals surface area contributed by atoms with Crippen LogP contribution >= 0.6 is 12.2 Å². The third-order valence-electron chi connectivity index (χ3n) is 2.70. The lowest BCUT2D eigenvalue weighted by atomic mass is 10.2. The van der Waals surface area contributed by atoms with E-state index in [1.165, 1.54) is 0 Å². The first-order valence-electron chi connectivity index (χ1n) is 5.83. The van der Waals surface area contributed by atoms with E-state index >= 15 is 0 Å². The Bertz CT molecular complexity index is 567. The van der Waals surface area contributed by atoms with E-state index < -0.39 is 0 Å². The van der Waals surface area contributed by atoms with Crippen molar-refractivity contribution in [2.75, 3.05) is 19.5 Å². The number of hydrogen-bond acceptors (Lipinski definition) is 3. The van der Waals surface area contributed by atoms with Gasteiger partial charge < -0.3 is 14.8 Å². The average molecular weight is 273 g/mol. The van der Waals surface area contributed by atoms with E-state index in [1.54, 1.807) is 14.2 Å². The van der Waals surface area contributed by atoms with Crippen LogP contribution in [0.25, 0.3) is 0 Å². The molecule has 0 saturated heterocycles. The van der Waals surface area contributed by atoms with Crippen LogP contribution in [0.4, 0.5) is 5.69 Å². The maximum absolute atomic E-state index is 5.40. The van der Waals surface area contributed by atoms with E-state index in [0.717, 1.165) is 22.7 Å². The molecule has 0 aromatic heterocycles. The van der Waals surface area contributed by atoms with Crippen molar-refractivity contribution in [2.45, 2.75) is 0 Å². The molecule has 0 atom stereocenters. The summed E-state index contributed by atoms with van der Waals surface area (Å²) >= 11 is 5.40. The van der Waals surface area contributed by atoms with Crippen molar-refractivity contribution in [1.29, 1.82) is 0 Å². The minimum atomic E-state index is 0.627. The molecule has 0 heterocycles. The summed E-state index contributed by atoms with van der Waals surface area (Å²) in [5.74, 6) is 1.57. The van der Waals surface area contributed by atoms with Gasteiger partial charge in [-0.15, -0.1) is 0 Å². The highest BCUT2D eigenvalue weighted by Gasteiger charge is 2.07. The molecule has 3 nitrogen and oxygen atoms in total. The van der Waals surface area contributed by atoms with Gasteiger partial charge in [0.2, 0.25) is 0 Å². The lowest BCUT2D eigenvalue weighted by Gasteiger charge is -2.11. The molecule has 0 radical (unpaired) electrons. The average Bonchev–Trinajstić information content (AvgIpc) is 2.48. The summed E-state index contributed by atoms with van der Waals surface area (Å²) in [6.45, 7) is 0. The van der Waals surface area contributed by atoms with Gasteiger partial charge in [0.25, 0.3) is 0 Å². The number of thiocarbonyl (C=S) groups is 1. The predicted molar refractivity (Wildman–Crippen MR) is 81.3 cm³/mol. The number of rotatable bonds is 4. The second kappa shape index (κ2) is 6.20. The van der Waals surface area contributed by atoms with Crippen molar-refractivity contribution in [3.8, 4) is 11.5 Å². The van der Waals surface area contributed by atoms with Crippen molar-refractivity contribution < 1.29 is 9.47 Å². The van der Waals surface area contributed by atoms with Gasteiger partial charge in [0, 0.05) is 5.69 Å². The van der Waals surface area contributed by atoms with Crippen molar-refractivity contribution in [3.05, 3.63) is 54.1 Å². The normalized spacial score (nSPS) is 9.79. The Morgan fingerprint density at radius 1 is 0.947 bits per heavy atom. The Hall–Kier alpha value is -2.07. The molecule has 0 amide bonds. The first-order chi connectivity index (χ1) is 9.24. The molecule has 0 fully saturated rings. The molecule has 2 aromatic carbocycles. The summed E-state index contributed by atoms with van der Waals surface area (Å²) in [5.41, 5.74) is 1.78. The van der Waals surface area contributed by atoms with Gasteiger partial charge in [0.15, 0.2) is 0 Å². The van der Waals surface area contributed by atoms with Crippen molar-refractivity contribution >= 4 is 22.9 Å². The number of anilines is 1. The standard InChI is InChI=1S/C15H15NO2S/c1-17-12-9-7-11(8-10-12)16-15(19)13-5-3-4-6-14(13)18-2/h3-10H,1-2H3,(H,16,19). The van der Waals surface area contributed by atoms with Gasteiger partial charge in [0.05, 0.1) is 19.8 Å². The molecule has 0 aliphatic rings. The minimum Gasteiger partial charge on any atom is -0.497 e. The van der Waals surface area contributed by atoms with Gasteiger partial charge >= 0.3 is 0 Å². The molecule has 0 aliphatic heterocycles. The van der Waals surface area contributed by atoms with E-state index in [2.05, 4.69) is 5.32 Å². The highest BCUT2D eigenvalue weighted by atomic mass is 32.1. The monoisotopic (exact) mass is 273 g/mol. The topological polar surface area (TPSA) is 30.5 Å². The van der Waals surface area contributed by atoms with Gasteiger partial charge in [-0.05, 0) is 36.4 Å². The number of nitrogens with one attached hydrogen (secondary N) is 1. The number of benzene rings is 2. The molecule has 0 unspecified atom stereocenters. The third kappa shape index (κ3) is 3.23. The Kier molecular flexibility index (Phi) is 4.36. The highest BCUT2D eigenvalue weighted by Crippen LogP contribution is 2.21. The lowest BCUT2D eigenvalue weighted by Crippen LogP contribution is -2.11. The van der Waals surface area contributed by atoms with E-state index in [4.69, 9.17) is 21.7 Å². The van der Waals surface area contributed by atoms with Gasteiger partial charge in [-0.2, -0.15) is 0 Å². The molecule has 1 N–H and O–H groups in total. The second-order valence-corrected chi connectivity index (χ2v) is 4.29. The van der Waals surface area contributed by atoms with Crippen LogP contribution < -0.4 is 14.8 Å². The number of methoxy groups -OCH3 is 2. The van der Waals surface area contributed by atoms with Crippen molar-refractivity contribution in [3.63, 3.8) is 0 Å². The zero-order valence-corrected chi connectivity index (χ0v) is 11.7. The zero-order chi connectivity index (χ0) is 13.7. The maximum atomic E-state index is 5.40. The first-order valence-corrected chi connectivity index (χ1v) is 6.24. The molecular formula is C15H15NO2S. The fourth-order valence-electron chi connectivity index (χ4n) is 1.71. The second-order valence-electron chi connectivity index (χ2n) is 3.88. The van der Waals surface area contributed by atoms with Crippen LogP contribution in [-0.2, 0) is 0 Å². The molecule has 2 aromatic rings. The minimum absolute atomic E-state index is 0.627. The Morgan fingerprint density at radius 2 is 1.63 bits per heavy atom. The number of ether oxygens (including phenoxy) is 2. The summed E-state index contributed by atoms with van der Waals surface area (Å²) in [7, 11) is 3.27. The molecule has 0 saturated carbocycles. The van der Waals surface area contributed by atoms with Crippen LogP contribution in [0.1, 0.15) is 5.56 Å². The molecule has 98 valence electrons. The van der Waals surface area contributed by atoms with Crippen molar-refractivity contribution in [1.82, 2.24) is 0 Å². The third-order valence-corrected chi connectivity index (χ3v) is 3.02. The molecule has 2 rings (SSSR count). The number of hydrogen-bond donors (Lipinski definition) is 1. The van der Waals surface area contributed by atoms with Gasteiger partial charge in [-0.1, -0.05) is 24.4 Å². The Labute approximate surface area is 118 Å². The molecule has 0 spiro atoms. The summed E-state index contributed by atoms with van der Waals surface area (Å²) < 4.78 is 10.4. The van der Waals surface area contributed by atoms with Crippen LogP contribution in [-0.4, -0.2) is 19.2 Å². The fourth-order valence-corrected chi connectivity index (χ4v) is 1.99. The van der Waals surface area contributed by atoms with Crippen LogP contribution in [0.2, 0.25) is 0 Å². The largest absolute Gasteiger partial charge is 0.497 e. The van der Waals surface area contributed by atoms with E-state index in [0.29, 0.717) is 4.99 Å². The van der Waals surface area contributed by atoms with Crippen LogP contribution in [0.3, 0.4) is 0 Å². The first kappa shape index (κ1) is 13.4.